The zero-order valence-electron chi connectivity index (χ0n) is 26.2. The number of methoxy groups -OCH3 is 1. The molecule has 0 radical (unpaired) electrons. The first-order chi connectivity index (χ1) is 21.0. The number of aryl methyl sites for hydroxylation is 1. The summed E-state index contributed by atoms with van der Waals surface area (Å²) in [6, 6.07) is 15.7. The molecule has 1 amide bonds. The summed E-state index contributed by atoms with van der Waals surface area (Å²) >= 11 is 0. The van der Waals surface area contributed by atoms with Gasteiger partial charge in [0.05, 0.1) is 19.3 Å². The monoisotopic (exact) mass is 586 g/mol. The number of likely N-dealkylation sites (N-methyl/N-ethyl adjacent to an activating group) is 1. The van der Waals surface area contributed by atoms with Gasteiger partial charge in [-0.1, -0.05) is 55.7 Å². The fraction of sp³-hybridized carbons (Fsp3) is 0.649. The van der Waals surface area contributed by atoms with Crippen molar-refractivity contribution in [1.82, 2.24) is 9.80 Å². The molecule has 2 saturated carbocycles. The van der Waals surface area contributed by atoms with Crippen molar-refractivity contribution in [2.45, 2.75) is 114 Å². The number of hydrogen-bond acceptors (Lipinski definition) is 5. The second-order valence-corrected chi connectivity index (χ2v) is 14.0. The van der Waals surface area contributed by atoms with Gasteiger partial charge in [0.1, 0.15) is 6.10 Å². The number of piperidine rings is 1. The van der Waals surface area contributed by atoms with Crippen LogP contribution < -0.4 is 9.47 Å². The van der Waals surface area contributed by atoms with Crippen molar-refractivity contribution in [3.05, 3.63) is 59.2 Å². The van der Waals surface area contributed by atoms with E-state index in [9.17, 15) is 9.90 Å². The van der Waals surface area contributed by atoms with Crippen LogP contribution in [-0.4, -0.2) is 71.8 Å². The Labute approximate surface area is 257 Å². The first kappa shape index (κ1) is 29.2. The Balaban J connectivity index is 1.03. The number of rotatable bonds is 13. The first-order valence-electron chi connectivity index (χ1n) is 17.2. The molecule has 7 rings (SSSR count). The fourth-order valence-electron chi connectivity index (χ4n) is 9.54. The molecule has 1 N–H and O–H groups in total. The lowest BCUT2D eigenvalue weighted by Crippen LogP contribution is -2.69. The second-order valence-electron chi connectivity index (χ2n) is 14.0. The highest BCUT2D eigenvalue weighted by Crippen LogP contribution is 2.64. The number of unbranched alkanes of at least 4 members (excludes halogenated alkanes) is 4. The average molecular weight is 587 g/mol. The smallest absolute Gasteiger partial charge is 0.222 e. The third-order valence-electron chi connectivity index (χ3n) is 11.7. The number of aliphatic hydroxyl groups is 1. The van der Waals surface area contributed by atoms with Crippen LogP contribution >= 0.6 is 0 Å². The molecule has 2 aromatic carbocycles. The molecule has 2 aromatic rings. The highest BCUT2D eigenvalue weighted by molar-refractivity contribution is 5.77. The maximum Gasteiger partial charge on any atom is 0.222 e. The van der Waals surface area contributed by atoms with Crippen molar-refractivity contribution in [3.8, 4) is 11.5 Å². The number of likely N-dealkylation sites (tertiary alicyclic amines) is 1. The maximum atomic E-state index is 13.8. The Morgan fingerprint density at radius 3 is 2.65 bits per heavy atom. The van der Waals surface area contributed by atoms with Gasteiger partial charge in [0.2, 0.25) is 5.91 Å². The Morgan fingerprint density at radius 2 is 1.88 bits per heavy atom. The molecule has 2 aliphatic heterocycles. The zero-order chi connectivity index (χ0) is 29.6. The molecule has 3 fully saturated rings. The van der Waals surface area contributed by atoms with Crippen molar-refractivity contribution in [1.29, 1.82) is 0 Å². The number of benzene rings is 2. The summed E-state index contributed by atoms with van der Waals surface area (Å²) in [5.74, 6) is 3.04. The highest BCUT2D eigenvalue weighted by atomic mass is 16.5. The number of ether oxygens (including phenoxy) is 2. The summed E-state index contributed by atoms with van der Waals surface area (Å²) in [6.45, 7) is 4.93. The second kappa shape index (κ2) is 12.1. The highest BCUT2D eigenvalue weighted by Gasteiger charge is 2.66. The van der Waals surface area contributed by atoms with Gasteiger partial charge in [-0.2, -0.15) is 0 Å². The third kappa shape index (κ3) is 5.16. The Hall–Kier alpha value is -2.57. The largest absolute Gasteiger partial charge is 0.493 e. The number of amides is 1. The number of carbonyl (C=O) groups is 1. The molecule has 5 aliphatic rings. The van der Waals surface area contributed by atoms with E-state index in [4.69, 9.17) is 9.47 Å². The third-order valence-corrected chi connectivity index (χ3v) is 11.7. The number of carbonyl (C=O) groups excluding carboxylic acids is 1. The van der Waals surface area contributed by atoms with Crippen LogP contribution in [0.25, 0.3) is 0 Å². The minimum Gasteiger partial charge on any atom is -0.493 e. The van der Waals surface area contributed by atoms with Crippen LogP contribution in [0.2, 0.25) is 0 Å². The molecule has 2 bridgehead atoms. The average Bonchev–Trinajstić information content (AvgIpc) is 3.61. The SMILES string of the molecule is CCN(C(=O)CCCCCCCc1ccccc1)[C@H]1CC[C@H]2[C@H]3Cc4ccc(OC)c5c4[C@@]2(CCN3CC2CC2O)[C@H]1O5. The van der Waals surface area contributed by atoms with Gasteiger partial charge in [-0.15, -0.1) is 0 Å². The minimum absolute atomic E-state index is 0.0188. The molecule has 1 spiro atoms. The fourth-order valence-corrected chi connectivity index (χ4v) is 9.54. The van der Waals surface area contributed by atoms with Crippen LogP contribution in [0.1, 0.15) is 87.8 Å². The van der Waals surface area contributed by atoms with Crippen LogP contribution in [0, 0.1) is 11.8 Å². The Bertz CT molecular complexity index is 1300. The molecule has 43 heavy (non-hydrogen) atoms. The first-order valence-corrected chi connectivity index (χ1v) is 17.2. The van der Waals surface area contributed by atoms with Crippen LogP contribution in [0.15, 0.2) is 42.5 Å². The van der Waals surface area contributed by atoms with E-state index in [0.717, 1.165) is 82.5 Å². The van der Waals surface area contributed by atoms with Crippen molar-refractivity contribution in [2.24, 2.45) is 11.8 Å². The van der Waals surface area contributed by atoms with Crippen molar-refractivity contribution < 1.29 is 19.4 Å². The van der Waals surface area contributed by atoms with E-state index in [1.807, 2.05) is 0 Å². The van der Waals surface area contributed by atoms with E-state index in [1.54, 1.807) is 7.11 Å². The molecule has 7 atom stereocenters. The van der Waals surface area contributed by atoms with E-state index in [-0.39, 0.29) is 23.7 Å². The van der Waals surface area contributed by atoms with Gasteiger partial charge in [-0.05, 0) is 87.9 Å². The van der Waals surface area contributed by atoms with Gasteiger partial charge in [-0.25, -0.2) is 0 Å². The van der Waals surface area contributed by atoms with Crippen molar-refractivity contribution in [2.75, 3.05) is 26.7 Å². The zero-order valence-corrected chi connectivity index (χ0v) is 26.2. The molecule has 0 aromatic heterocycles. The molecule has 3 aliphatic carbocycles. The molecule has 1 saturated heterocycles. The molecular weight excluding hydrogens is 536 g/mol. The predicted octanol–water partition coefficient (Wildman–Crippen LogP) is 5.92. The summed E-state index contributed by atoms with van der Waals surface area (Å²) in [6.07, 6.45) is 12.5. The molecular formula is C37H50N2O4. The molecule has 6 heteroatoms. The Morgan fingerprint density at radius 1 is 1.09 bits per heavy atom. The van der Waals surface area contributed by atoms with Crippen LogP contribution in [0.5, 0.6) is 11.5 Å². The van der Waals surface area contributed by atoms with E-state index in [0.29, 0.717) is 30.2 Å². The molecule has 232 valence electrons. The van der Waals surface area contributed by atoms with E-state index in [2.05, 4.69) is 59.2 Å². The number of nitrogens with zero attached hydrogens (tertiary/aromatic N) is 2. The summed E-state index contributed by atoms with van der Waals surface area (Å²) in [7, 11) is 1.74. The standard InChI is InChI=1S/C37H50N2O4/c1-3-39(33(41)15-11-6-4-5-8-12-25-13-9-7-10-14-25)29-18-17-28-30-22-26-16-19-32(42-2)35-34(26)37(28,36(29)43-35)20-21-38(30)24-27-23-31(27)40/h7,9-10,13-14,16,19,27-31,36,40H,3-6,8,11-12,15,17-18,20-24H2,1-2H3/t27?,28-,29-,30+,31?,36-,37-/m0/s1. The Kier molecular flexibility index (Phi) is 8.19. The lowest BCUT2D eigenvalue weighted by Gasteiger charge is -2.60. The quantitative estimate of drug-likeness (QED) is 0.296. The molecule has 2 unspecified atom stereocenters. The predicted molar refractivity (Wildman–Crippen MR) is 169 cm³/mol. The maximum absolute atomic E-state index is 13.8. The van der Waals surface area contributed by atoms with Crippen LogP contribution in [0.3, 0.4) is 0 Å². The minimum atomic E-state index is -0.112. The van der Waals surface area contributed by atoms with E-state index < -0.39 is 0 Å². The molecule has 6 nitrogen and oxygen atoms in total. The van der Waals surface area contributed by atoms with E-state index in [1.165, 1.54) is 36.0 Å². The van der Waals surface area contributed by atoms with Gasteiger partial charge in [0.15, 0.2) is 11.5 Å². The van der Waals surface area contributed by atoms with Gasteiger partial charge in [-0.3, -0.25) is 9.69 Å². The van der Waals surface area contributed by atoms with Crippen LogP contribution in [-0.2, 0) is 23.1 Å². The lowest BCUT2D eigenvalue weighted by atomic mass is 9.51. The van der Waals surface area contributed by atoms with Gasteiger partial charge in [0, 0.05) is 42.4 Å². The summed E-state index contributed by atoms with van der Waals surface area (Å²) in [5.41, 5.74) is 4.16. The summed E-state index contributed by atoms with van der Waals surface area (Å²) < 4.78 is 12.9. The van der Waals surface area contributed by atoms with Crippen molar-refractivity contribution in [3.63, 3.8) is 0 Å². The van der Waals surface area contributed by atoms with E-state index >= 15 is 0 Å². The van der Waals surface area contributed by atoms with Gasteiger partial charge in [0.25, 0.3) is 0 Å². The topological polar surface area (TPSA) is 62.2 Å². The summed E-state index contributed by atoms with van der Waals surface area (Å²) in [5, 5.41) is 10.1. The normalized spacial score (nSPS) is 31.7. The number of aliphatic hydroxyl groups excluding tert-OH is 1. The van der Waals surface area contributed by atoms with Gasteiger partial charge < -0.3 is 19.5 Å². The van der Waals surface area contributed by atoms with Gasteiger partial charge >= 0.3 is 0 Å². The summed E-state index contributed by atoms with van der Waals surface area (Å²) in [4.78, 5) is 18.7. The molecule has 2 heterocycles. The number of hydrogen-bond donors (Lipinski definition) is 1. The lowest BCUT2D eigenvalue weighted by molar-refractivity contribution is -0.142. The van der Waals surface area contributed by atoms with Crippen molar-refractivity contribution >= 4 is 5.91 Å². The van der Waals surface area contributed by atoms with Crippen LogP contribution in [0.4, 0.5) is 0 Å².